The van der Waals surface area contributed by atoms with Gasteiger partial charge in [0.15, 0.2) is 5.69 Å². The number of aromatic nitrogens is 4. The number of amides is 1. The maximum absolute atomic E-state index is 13.0. The second kappa shape index (κ2) is 6.81. The van der Waals surface area contributed by atoms with Gasteiger partial charge in [-0.05, 0) is 43.0 Å². The van der Waals surface area contributed by atoms with Gasteiger partial charge in [0.1, 0.15) is 5.60 Å². The van der Waals surface area contributed by atoms with Crippen LogP contribution < -0.4 is 4.90 Å². The van der Waals surface area contributed by atoms with Crippen LogP contribution >= 0.6 is 0 Å². The Morgan fingerprint density at radius 1 is 1.24 bits per heavy atom. The molecule has 1 spiro atoms. The molecule has 0 N–H and O–H groups in total. The largest absolute Gasteiger partial charge is 0.368 e. The fourth-order valence-electron chi connectivity index (χ4n) is 4.27. The third kappa shape index (κ3) is 3.04. The molecule has 0 unspecified atom stereocenters. The average molecular weight is 392 g/mol. The molecule has 3 aromatic heterocycles. The molecule has 1 amide bonds. The van der Waals surface area contributed by atoms with Gasteiger partial charge in [-0.15, -0.1) is 0 Å². The van der Waals surface area contributed by atoms with Gasteiger partial charge in [-0.25, -0.2) is 14.5 Å². The number of nitrogens with zero attached hydrogens (tertiary/aromatic N) is 6. The minimum atomic E-state index is -0.434. The molecule has 3 aromatic rings. The number of likely N-dealkylation sites (tertiary alicyclic amines) is 1. The number of carbonyl (C=O) groups is 1. The van der Waals surface area contributed by atoms with Crippen LogP contribution in [0.5, 0.6) is 0 Å². The highest BCUT2D eigenvalue weighted by Gasteiger charge is 2.43. The molecule has 0 aliphatic carbocycles. The molecule has 0 radical (unpaired) electrons. The Hall–Kier alpha value is -3.00. The quantitative estimate of drug-likeness (QED) is 0.663. The second-order valence-electron chi connectivity index (χ2n) is 7.92. The third-order valence-electron chi connectivity index (χ3n) is 5.88. The predicted molar refractivity (Wildman–Crippen MR) is 108 cm³/mol. The molecule has 5 heterocycles. The van der Waals surface area contributed by atoms with E-state index in [1.54, 1.807) is 4.52 Å². The third-order valence-corrected chi connectivity index (χ3v) is 5.88. The highest BCUT2D eigenvalue weighted by molar-refractivity contribution is 5.93. The number of pyridine rings is 1. The highest BCUT2D eigenvalue weighted by Crippen LogP contribution is 2.41. The van der Waals surface area contributed by atoms with Crippen molar-refractivity contribution in [1.29, 1.82) is 0 Å². The topological polar surface area (TPSA) is 75.9 Å². The van der Waals surface area contributed by atoms with Gasteiger partial charge in [0.2, 0.25) is 5.95 Å². The lowest BCUT2D eigenvalue weighted by atomic mass is 9.83. The van der Waals surface area contributed by atoms with E-state index in [4.69, 9.17) is 9.72 Å². The van der Waals surface area contributed by atoms with Crippen molar-refractivity contribution >= 4 is 17.4 Å². The number of anilines is 1. The average Bonchev–Trinajstić information content (AvgIpc) is 3.18. The van der Waals surface area contributed by atoms with E-state index in [9.17, 15) is 4.79 Å². The summed E-state index contributed by atoms with van der Waals surface area (Å²) < 4.78 is 8.02. The predicted octanol–water partition coefficient (Wildman–Crippen LogP) is 1.89. The first-order chi connectivity index (χ1) is 14.1. The first-order valence-corrected chi connectivity index (χ1v) is 9.97. The van der Waals surface area contributed by atoms with E-state index in [0.29, 0.717) is 31.3 Å². The van der Waals surface area contributed by atoms with Crippen molar-refractivity contribution in [2.45, 2.75) is 24.9 Å². The van der Waals surface area contributed by atoms with E-state index in [1.807, 2.05) is 60.6 Å². The Morgan fingerprint density at radius 2 is 2.07 bits per heavy atom. The van der Waals surface area contributed by atoms with Crippen LogP contribution in [0.15, 0.2) is 36.7 Å². The summed E-state index contributed by atoms with van der Waals surface area (Å²) in [5, 5.41) is 4.43. The number of rotatable bonds is 2. The Balaban J connectivity index is 1.38. The molecule has 29 heavy (non-hydrogen) atoms. The van der Waals surface area contributed by atoms with Crippen molar-refractivity contribution in [3.05, 3.63) is 53.6 Å². The molecule has 2 aliphatic rings. The van der Waals surface area contributed by atoms with Crippen molar-refractivity contribution in [3.8, 4) is 0 Å². The Bertz CT molecular complexity index is 1030. The van der Waals surface area contributed by atoms with Crippen LogP contribution in [0.2, 0.25) is 0 Å². The normalized spacial score (nSPS) is 18.1. The fourth-order valence-corrected chi connectivity index (χ4v) is 4.27. The van der Waals surface area contributed by atoms with Gasteiger partial charge in [0.25, 0.3) is 5.91 Å². The van der Waals surface area contributed by atoms with Crippen molar-refractivity contribution in [1.82, 2.24) is 24.5 Å². The van der Waals surface area contributed by atoms with Crippen LogP contribution in [-0.4, -0.2) is 64.2 Å². The summed E-state index contributed by atoms with van der Waals surface area (Å²) in [5.41, 5.74) is 3.11. The monoisotopic (exact) mass is 392 g/mol. The van der Waals surface area contributed by atoms with Gasteiger partial charge < -0.3 is 14.5 Å². The molecular weight excluding hydrogens is 368 g/mol. The maximum atomic E-state index is 13.0. The van der Waals surface area contributed by atoms with Gasteiger partial charge in [-0.2, -0.15) is 5.10 Å². The van der Waals surface area contributed by atoms with Crippen LogP contribution in [0.1, 0.15) is 34.6 Å². The van der Waals surface area contributed by atoms with E-state index in [-0.39, 0.29) is 5.91 Å². The van der Waals surface area contributed by atoms with Gasteiger partial charge >= 0.3 is 0 Å². The van der Waals surface area contributed by atoms with E-state index in [2.05, 4.69) is 10.1 Å². The molecule has 150 valence electrons. The molecular formula is C21H24N6O2. The molecule has 5 rings (SSSR count). The molecule has 8 nitrogen and oxygen atoms in total. The van der Waals surface area contributed by atoms with E-state index in [1.165, 1.54) is 0 Å². The van der Waals surface area contributed by atoms with Crippen LogP contribution in [-0.2, 0) is 16.8 Å². The number of hydrogen-bond acceptors (Lipinski definition) is 6. The summed E-state index contributed by atoms with van der Waals surface area (Å²) in [6.45, 7) is 1.90. The zero-order valence-corrected chi connectivity index (χ0v) is 16.7. The molecule has 2 aliphatic heterocycles. The summed E-state index contributed by atoms with van der Waals surface area (Å²) >= 11 is 0. The summed E-state index contributed by atoms with van der Waals surface area (Å²) in [7, 11) is 3.88. The summed E-state index contributed by atoms with van der Waals surface area (Å²) in [4.78, 5) is 26.1. The first-order valence-electron chi connectivity index (χ1n) is 9.97. The molecule has 0 saturated carbocycles. The van der Waals surface area contributed by atoms with Crippen LogP contribution in [0.25, 0.3) is 5.52 Å². The van der Waals surface area contributed by atoms with Crippen LogP contribution in [0.3, 0.4) is 0 Å². The Kier molecular flexibility index (Phi) is 4.24. The lowest BCUT2D eigenvalue weighted by Crippen LogP contribution is -2.49. The van der Waals surface area contributed by atoms with Crippen molar-refractivity contribution in [2.24, 2.45) is 0 Å². The zero-order valence-electron chi connectivity index (χ0n) is 16.7. The molecule has 0 atom stereocenters. The number of ether oxygens (including phenoxy) is 1. The molecule has 1 fully saturated rings. The Labute approximate surface area is 169 Å². The van der Waals surface area contributed by atoms with Gasteiger partial charge in [0.05, 0.1) is 17.8 Å². The van der Waals surface area contributed by atoms with Crippen molar-refractivity contribution in [3.63, 3.8) is 0 Å². The van der Waals surface area contributed by atoms with E-state index >= 15 is 0 Å². The summed E-state index contributed by atoms with van der Waals surface area (Å²) in [5.74, 6) is 0.660. The van der Waals surface area contributed by atoms with E-state index < -0.39 is 5.60 Å². The fraction of sp³-hybridized carbons (Fsp3) is 0.429. The number of fused-ring (bicyclic) bond motifs is 3. The zero-order chi connectivity index (χ0) is 20.0. The standard InChI is InChI=1S/C21H24N6O2/c1-25(2)20-22-14-15-6-12-29-21(18(15)23-20)7-10-26(11-8-21)19(28)17-13-16-5-3-4-9-27(16)24-17/h3-5,9,13-14H,6-8,10-12H2,1-2H3. The Morgan fingerprint density at radius 3 is 2.83 bits per heavy atom. The van der Waals surface area contributed by atoms with Gasteiger partial charge in [0, 0.05) is 39.6 Å². The molecule has 0 aromatic carbocycles. The van der Waals surface area contributed by atoms with Crippen LogP contribution in [0, 0.1) is 0 Å². The van der Waals surface area contributed by atoms with Crippen molar-refractivity contribution < 1.29 is 9.53 Å². The molecule has 8 heteroatoms. The second-order valence-corrected chi connectivity index (χ2v) is 7.92. The maximum Gasteiger partial charge on any atom is 0.274 e. The number of carbonyl (C=O) groups excluding carboxylic acids is 1. The highest BCUT2D eigenvalue weighted by atomic mass is 16.5. The molecule has 1 saturated heterocycles. The lowest BCUT2D eigenvalue weighted by Gasteiger charge is -2.44. The number of piperidine rings is 1. The minimum absolute atomic E-state index is 0.0312. The molecule has 0 bridgehead atoms. The smallest absolute Gasteiger partial charge is 0.274 e. The SMILES string of the molecule is CN(C)c1ncc2c(n1)C1(CCN(C(=O)c3cc4ccccn4n3)CC1)OCC2. The first kappa shape index (κ1) is 18.1. The summed E-state index contributed by atoms with van der Waals surface area (Å²) in [6.07, 6.45) is 6.06. The lowest BCUT2D eigenvalue weighted by molar-refractivity contribution is -0.0967. The van der Waals surface area contributed by atoms with Gasteiger partial charge in [-0.1, -0.05) is 6.07 Å². The van der Waals surface area contributed by atoms with Crippen molar-refractivity contribution in [2.75, 3.05) is 38.7 Å². The minimum Gasteiger partial charge on any atom is -0.368 e. The van der Waals surface area contributed by atoms with Crippen LogP contribution in [0.4, 0.5) is 5.95 Å². The van der Waals surface area contributed by atoms with E-state index in [0.717, 1.165) is 36.0 Å². The summed E-state index contributed by atoms with van der Waals surface area (Å²) in [6, 6.07) is 7.64. The van der Waals surface area contributed by atoms with Gasteiger partial charge in [-0.3, -0.25) is 4.79 Å². The number of hydrogen-bond donors (Lipinski definition) is 0.